The Hall–Kier alpha value is -1.36. The predicted molar refractivity (Wildman–Crippen MR) is 54.7 cm³/mol. The number of likely N-dealkylation sites (N-methyl/N-ethyl adjacent to an activating group) is 1. The van der Waals surface area contributed by atoms with Crippen molar-refractivity contribution in [2.45, 2.75) is 19.3 Å². The Kier molecular flexibility index (Phi) is 4.30. The minimum Gasteiger partial charge on any atom is -0.481 e. The summed E-state index contributed by atoms with van der Waals surface area (Å²) in [7, 11) is 3.96. The molecule has 5 heteroatoms. The number of carbonyl (C=O) groups is 1. The second-order valence-electron chi connectivity index (χ2n) is 3.68. The Morgan fingerprint density at radius 3 is 2.87 bits per heavy atom. The number of aromatic nitrogens is 1. The van der Waals surface area contributed by atoms with Gasteiger partial charge in [-0.3, -0.25) is 4.79 Å². The van der Waals surface area contributed by atoms with Crippen molar-refractivity contribution in [3.63, 3.8) is 0 Å². The zero-order valence-electron chi connectivity index (χ0n) is 9.06. The van der Waals surface area contributed by atoms with Crippen molar-refractivity contribution >= 4 is 5.97 Å². The summed E-state index contributed by atoms with van der Waals surface area (Å²) in [6, 6.07) is 0. The zero-order valence-corrected chi connectivity index (χ0v) is 9.06. The molecule has 0 saturated heterocycles. The van der Waals surface area contributed by atoms with E-state index in [-0.39, 0.29) is 6.42 Å². The number of hydrogen-bond donors (Lipinski definition) is 1. The minimum atomic E-state index is -0.812. The summed E-state index contributed by atoms with van der Waals surface area (Å²) in [5.74, 6) is -0.142. The van der Waals surface area contributed by atoms with E-state index in [4.69, 9.17) is 9.52 Å². The van der Waals surface area contributed by atoms with Crippen LogP contribution in [0.25, 0.3) is 0 Å². The van der Waals surface area contributed by atoms with Crippen molar-refractivity contribution in [3.8, 4) is 0 Å². The zero-order chi connectivity index (χ0) is 11.3. The highest BCUT2D eigenvalue weighted by Crippen LogP contribution is 2.05. The first-order valence-electron chi connectivity index (χ1n) is 4.87. The van der Waals surface area contributed by atoms with Crippen LogP contribution in [0.5, 0.6) is 0 Å². The van der Waals surface area contributed by atoms with E-state index >= 15 is 0 Å². The Bertz CT molecular complexity index is 320. The van der Waals surface area contributed by atoms with Crippen LogP contribution in [0.2, 0.25) is 0 Å². The Balaban J connectivity index is 2.38. The van der Waals surface area contributed by atoms with Gasteiger partial charge in [0.2, 0.25) is 0 Å². The summed E-state index contributed by atoms with van der Waals surface area (Å²) >= 11 is 0. The molecule has 0 unspecified atom stereocenters. The molecule has 1 aromatic heterocycles. The average molecular weight is 212 g/mol. The molecule has 0 amide bonds. The van der Waals surface area contributed by atoms with Crippen molar-refractivity contribution in [3.05, 3.63) is 17.8 Å². The number of carboxylic acid groups (broad SMARTS) is 1. The van der Waals surface area contributed by atoms with E-state index in [2.05, 4.69) is 4.98 Å². The number of nitrogens with zero attached hydrogens (tertiary/aromatic N) is 2. The SMILES string of the molecule is CN(C)CCc1nc(CCC(=O)O)co1. The van der Waals surface area contributed by atoms with Crippen LogP contribution in [-0.4, -0.2) is 41.6 Å². The second-order valence-corrected chi connectivity index (χ2v) is 3.68. The molecule has 0 aliphatic heterocycles. The van der Waals surface area contributed by atoms with E-state index in [0.717, 1.165) is 13.0 Å². The lowest BCUT2D eigenvalue weighted by Crippen LogP contribution is -2.15. The summed E-state index contributed by atoms with van der Waals surface area (Å²) in [6.45, 7) is 0.874. The topological polar surface area (TPSA) is 66.6 Å². The number of carboxylic acids is 1. The maximum atomic E-state index is 10.3. The van der Waals surface area contributed by atoms with E-state index < -0.39 is 5.97 Å². The lowest BCUT2D eigenvalue weighted by atomic mass is 10.2. The predicted octanol–water partition coefficient (Wildman–Crippen LogP) is 0.796. The van der Waals surface area contributed by atoms with Crippen LogP contribution in [0.15, 0.2) is 10.7 Å². The number of oxazole rings is 1. The first kappa shape index (κ1) is 11.7. The third kappa shape index (κ3) is 4.60. The van der Waals surface area contributed by atoms with Crippen molar-refractivity contribution in [1.29, 1.82) is 0 Å². The molecule has 1 rings (SSSR count). The molecular formula is C10H16N2O3. The summed E-state index contributed by atoms with van der Waals surface area (Å²) < 4.78 is 5.22. The lowest BCUT2D eigenvalue weighted by Gasteiger charge is -2.05. The van der Waals surface area contributed by atoms with Gasteiger partial charge < -0.3 is 14.4 Å². The Morgan fingerprint density at radius 1 is 1.53 bits per heavy atom. The molecule has 5 nitrogen and oxygen atoms in total. The van der Waals surface area contributed by atoms with Crippen LogP contribution in [0.3, 0.4) is 0 Å². The number of rotatable bonds is 6. The highest BCUT2D eigenvalue weighted by molar-refractivity contribution is 5.66. The third-order valence-corrected chi connectivity index (χ3v) is 1.97. The molecule has 0 aliphatic carbocycles. The van der Waals surface area contributed by atoms with Crippen molar-refractivity contribution in [2.75, 3.05) is 20.6 Å². The fourth-order valence-corrected chi connectivity index (χ4v) is 1.13. The number of aryl methyl sites for hydroxylation is 1. The van der Waals surface area contributed by atoms with Crippen LogP contribution >= 0.6 is 0 Å². The molecular weight excluding hydrogens is 196 g/mol. The molecule has 0 atom stereocenters. The van der Waals surface area contributed by atoms with Gasteiger partial charge in [0.1, 0.15) is 6.26 Å². The smallest absolute Gasteiger partial charge is 0.303 e. The number of hydrogen-bond acceptors (Lipinski definition) is 4. The van der Waals surface area contributed by atoms with Crippen LogP contribution < -0.4 is 0 Å². The molecule has 0 saturated carbocycles. The third-order valence-electron chi connectivity index (χ3n) is 1.97. The molecule has 1 aromatic rings. The van der Waals surface area contributed by atoms with Crippen molar-refractivity contribution in [2.24, 2.45) is 0 Å². The normalized spacial score (nSPS) is 10.9. The first-order valence-corrected chi connectivity index (χ1v) is 4.87. The molecule has 1 heterocycles. The van der Waals surface area contributed by atoms with E-state index in [1.54, 1.807) is 0 Å². The maximum Gasteiger partial charge on any atom is 0.303 e. The van der Waals surface area contributed by atoms with Gasteiger partial charge in [-0.25, -0.2) is 4.98 Å². The summed E-state index contributed by atoms with van der Waals surface area (Å²) in [5, 5.41) is 8.49. The van der Waals surface area contributed by atoms with E-state index in [0.29, 0.717) is 18.0 Å². The molecule has 1 N–H and O–H groups in total. The fourth-order valence-electron chi connectivity index (χ4n) is 1.13. The fraction of sp³-hybridized carbons (Fsp3) is 0.600. The molecule has 0 aromatic carbocycles. The van der Waals surface area contributed by atoms with E-state index in [1.165, 1.54) is 6.26 Å². The second kappa shape index (κ2) is 5.50. The van der Waals surface area contributed by atoms with Gasteiger partial charge in [-0.1, -0.05) is 0 Å². The standard InChI is InChI=1S/C10H16N2O3/c1-12(2)6-5-9-11-8(7-15-9)3-4-10(13)14/h7H,3-6H2,1-2H3,(H,13,14). The Labute approximate surface area is 88.7 Å². The van der Waals surface area contributed by atoms with Crippen molar-refractivity contribution < 1.29 is 14.3 Å². The van der Waals surface area contributed by atoms with Crippen LogP contribution in [0.1, 0.15) is 18.0 Å². The molecule has 15 heavy (non-hydrogen) atoms. The van der Waals surface area contributed by atoms with Gasteiger partial charge in [-0.15, -0.1) is 0 Å². The van der Waals surface area contributed by atoms with Gasteiger partial charge in [0.05, 0.1) is 12.1 Å². The molecule has 0 radical (unpaired) electrons. The largest absolute Gasteiger partial charge is 0.481 e. The number of aliphatic carboxylic acids is 1. The minimum absolute atomic E-state index is 0.0969. The summed E-state index contributed by atoms with van der Waals surface area (Å²) in [5.41, 5.74) is 0.714. The lowest BCUT2D eigenvalue weighted by molar-refractivity contribution is -0.136. The monoisotopic (exact) mass is 212 g/mol. The molecule has 0 spiro atoms. The van der Waals surface area contributed by atoms with Crippen LogP contribution in [-0.2, 0) is 17.6 Å². The van der Waals surface area contributed by atoms with Gasteiger partial charge in [0.15, 0.2) is 5.89 Å². The summed E-state index contributed by atoms with van der Waals surface area (Å²) in [6.07, 6.45) is 2.81. The first-order chi connectivity index (χ1) is 7.08. The molecule has 0 bridgehead atoms. The van der Waals surface area contributed by atoms with Gasteiger partial charge in [0, 0.05) is 19.4 Å². The molecule has 0 fully saturated rings. The van der Waals surface area contributed by atoms with Gasteiger partial charge in [-0.05, 0) is 14.1 Å². The van der Waals surface area contributed by atoms with Crippen molar-refractivity contribution in [1.82, 2.24) is 9.88 Å². The van der Waals surface area contributed by atoms with Crippen LogP contribution in [0, 0.1) is 0 Å². The van der Waals surface area contributed by atoms with Gasteiger partial charge in [0.25, 0.3) is 0 Å². The molecule has 84 valence electrons. The average Bonchev–Trinajstić information content (AvgIpc) is 2.59. The van der Waals surface area contributed by atoms with E-state index in [1.807, 2.05) is 19.0 Å². The quantitative estimate of drug-likeness (QED) is 0.755. The highest BCUT2D eigenvalue weighted by atomic mass is 16.4. The highest BCUT2D eigenvalue weighted by Gasteiger charge is 2.06. The van der Waals surface area contributed by atoms with E-state index in [9.17, 15) is 4.79 Å². The van der Waals surface area contributed by atoms with Crippen LogP contribution in [0.4, 0.5) is 0 Å². The summed E-state index contributed by atoms with van der Waals surface area (Å²) in [4.78, 5) is 16.6. The van der Waals surface area contributed by atoms with Gasteiger partial charge in [-0.2, -0.15) is 0 Å². The molecule has 0 aliphatic rings. The Morgan fingerprint density at radius 2 is 2.27 bits per heavy atom. The maximum absolute atomic E-state index is 10.3. The van der Waals surface area contributed by atoms with Gasteiger partial charge >= 0.3 is 5.97 Å².